The Hall–Kier alpha value is -1.56. The number of rotatable bonds is 4. The van der Waals surface area contributed by atoms with Crippen molar-refractivity contribution in [3.8, 4) is 5.75 Å². The Morgan fingerprint density at radius 1 is 1.21 bits per heavy atom. The summed E-state index contributed by atoms with van der Waals surface area (Å²) >= 11 is 0. The van der Waals surface area contributed by atoms with E-state index in [9.17, 15) is 4.79 Å². The van der Waals surface area contributed by atoms with Crippen molar-refractivity contribution in [1.82, 2.24) is 4.90 Å². The number of aryl methyl sites for hydroxylation is 1. The molecule has 3 rings (SSSR count). The van der Waals surface area contributed by atoms with E-state index in [2.05, 4.69) is 4.90 Å². The van der Waals surface area contributed by atoms with Gasteiger partial charge in [0.2, 0.25) is 0 Å². The summed E-state index contributed by atoms with van der Waals surface area (Å²) in [4.78, 5) is 15.0. The zero-order valence-electron chi connectivity index (χ0n) is 14.4. The Kier molecular flexibility index (Phi) is 6.27. The molecule has 0 aliphatic carbocycles. The summed E-state index contributed by atoms with van der Waals surface area (Å²) in [5, 5.41) is 0.636. The predicted octanol–water partition coefficient (Wildman–Crippen LogP) is 2.93. The normalized spacial score (nSPS) is 15.3. The van der Waals surface area contributed by atoms with Crippen LogP contribution >= 0.6 is 12.4 Å². The Morgan fingerprint density at radius 2 is 1.92 bits per heavy atom. The molecule has 0 atom stereocenters. The number of methoxy groups -OCH3 is 1. The number of morpholine rings is 1. The van der Waals surface area contributed by atoms with Crippen LogP contribution in [0.4, 0.5) is 0 Å². The highest BCUT2D eigenvalue weighted by Gasteiger charge is 2.20. The third kappa shape index (κ3) is 3.43. The van der Waals surface area contributed by atoms with Crippen LogP contribution in [0.1, 0.15) is 23.8 Å². The average molecular weight is 354 g/mol. The van der Waals surface area contributed by atoms with Gasteiger partial charge in [-0.05, 0) is 25.5 Å². The molecule has 0 radical (unpaired) electrons. The molecule has 1 aliphatic rings. The molecule has 132 valence electrons. The summed E-state index contributed by atoms with van der Waals surface area (Å²) in [5.74, 6) is 1.46. The summed E-state index contributed by atoms with van der Waals surface area (Å²) in [6.45, 7) is 7.73. The molecule has 1 fully saturated rings. The lowest BCUT2D eigenvalue weighted by atomic mass is 10.0. The van der Waals surface area contributed by atoms with Crippen molar-refractivity contribution in [1.29, 1.82) is 0 Å². The SMILES string of the molecule is CCc1c(C)oc2c(CN3CCOCC3)c(OC)ccc2c1=O.Cl. The van der Waals surface area contributed by atoms with E-state index in [0.717, 1.165) is 43.2 Å². The summed E-state index contributed by atoms with van der Waals surface area (Å²) in [6.07, 6.45) is 0.676. The molecule has 6 heteroatoms. The van der Waals surface area contributed by atoms with Crippen LogP contribution in [0.2, 0.25) is 0 Å². The topological polar surface area (TPSA) is 51.9 Å². The number of ether oxygens (including phenoxy) is 2. The fourth-order valence-corrected chi connectivity index (χ4v) is 3.18. The third-order valence-corrected chi connectivity index (χ3v) is 4.48. The maximum Gasteiger partial charge on any atom is 0.196 e. The molecule has 2 heterocycles. The summed E-state index contributed by atoms with van der Waals surface area (Å²) in [5.41, 5.74) is 2.41. The molecule has 1 saturated heterocycles. The molecule has 1 aromatic heterocycles. The monoisotopic (exact) mass is 353 g/mol. The van der Waals surface area contributed by atoms with Crippen molar-refractivity contribution in [3.63, 3.8) is 0 Å². The van der Waals surface area contributed by atoms with Crippen LogP contribution in [-0.4, -0.2) is 38.3 Å². The predicted molar refractivity (Wildman–Crippen MR) is 96.5 cm³/mol. The minimum absolute atomic E-state index is 0. The maximum atomic E-state index is 12.7. The lowest BCUT2D eigenvalue weighted by Crippen LogP contribution is -2.35. The van der Waals surface area contributed by atoms with Gasteiger partial charge in [0.25, 0.3) is 0 Å². The van der Waals surface area contributed by atoms with Gasteiger partial charge in [-0.3, -0.25) is 9.69 Å². The quantitative estimate of drug-likeness (QED) is 0.846. The highest BCUT2D eigenvalue weighted by atomic mass is 35.5. The zero-order valence-corrected chi connectivity index (χ0v) is 15.2. The van der Waals surface area contributed by atoms with Crippen LogP contribution in [0, 0.1) is 6.92 Å². The van der Waals surface area contributed by atoms with Gasteiger partial charge in [0, 0.05) is 25.2 Å². The maximum absolute atomic E-state index is 12.7. The lowest BCUT2D eigenvalue weighted by Gasteiger charge is -2.27. The molecular weight excluding hydrogens is 330 g/mol. The van der Waals surface area contributed by atoms with Gasteiger partial charge in [0.05, 0.1) is 31.3 Å². The van der Waals surface area contributed by atoms with Crippen molar-refractivity contribution >= 4 is 23.4 Å². The molecule has 1 aliphatic heterocycles. The standard InChI is InChI=1S/C18H23NO4.ClH/c1-4-13-12(2)23-18-14(17(13)20)5-6-16(21-3)15(18)11-19-7-9-22-10-8-19;/h5-6H,4,7-11H2,1-3H3;1H. The van der Waals surface area contributed by atoms with Crippen molar-refractivity contribution < 1.29 is 13.9 Å². The van der Waals surface area contributed by atoms with Crippen molar-refractivity contribution in [3.05, 3.63) is 39.2 Å². The molecule has 0 unspecified atom stereocenters. The molecule has 2 aromatic rings. The number of halogens is 1. The van der Waals surface area contributed by atoms with Gasteiger partial charge in [0.1, 0.15) is 17.1 Å². The third-order valence-electron chi connectivity index (χ3n) is 4.48. The van der Waals surface area contributed by atoms with Gasteiger partial charge in [-0.15, -0.1) is 12.4 Å². The van der Waals surface area contributed by atoms with Crippen molar-refractivity contribution in [2.75, 3.05) is 33.4 Å². The van der Waals surface area contributed by atoms with Crippen LogP contribution in [0.15, 0.2) is 21.3 Å². The van der Waals surface area contributed by atoms with E-state index in [0.29, 0.717) is 29.7 Å². The summed E-state index contributed by atoms with van der Waals surface area (Å²) < 4.78 is 17.0. The Labute approximate surface area is 147 Å². The van der Waals surface area contributed by atoms with Crippen LogP contribution in [0.3, 0.4) is 0 Å². The second-order valence-electron chi connectivity index (χ2n) is 5.83. The van der Waals surface area contributed by atoms with Crippen molar-refractivity contribution in [2.45, 2.75) is 26.8 Å². The smallest absolute Gasteiger partial charge is 0.196 e. The van der Waals surface area contributed by atoms with E-state index >= 15 is 0 Å². The van der Waals surface area contributed by atoms with E-state index in [1.165, 1.54) is 0 Å². The molecule has 0 saturated carbocycles. The Bertz CT molecular complexity index is 766. The van der Waals surface area contributed by atoms with Gasteiger partial charge >= 0.3 is 0 Å². The van der Waals surface area contributed by atoms with Gasteiger partial charge in [-0.25, -0.2) is 0 Å². The molecular formula is C18H24ClNO4. The van der Waals surface area contributed by atoms with Crippen LogP contribution < -0.4 is 10.2 Å². The minimum atomic E-state index is 0. The number of hydrogen-bond donors (Lipinski definition) is 0. The zero-order chi connectivity index (χ0) is 16.4. The van der Waals surface area contributed by atoms with Gasteiger partial charge in [0.15, 0.2) is 5.43 Å². The van der Waals surface area contributed by atoms with Gasteiger partial charge in [-0.1, -0.05) is 6.92 Å². The number of fused-ring (bicyclic) bond motifs is 1. The van der Waals surface area contributed by atoms with E-state index in [-0.39, 0.29) is 17.8 Å². The molecule has 0 amide bonds. The average Bonchev–Trinajstić information content (AvgIpc) is 2.57. The Balaban J connectivity index is 0.00000208. The first-order chi connectivity index (χ1) is 11.2. The van der Waals surface area contributed by atoms with E-state index in [1.54, 1.807) is 13.2 Å². The largest absolute Gasteiger partial charge is 0.496 e. The second kappa shape index (κ2) is 8.01. The molecule has 5 nitrogen and oxygen atoms in total. The molecule has 24 heavy (non-hydrogen) atoms. The number of benzene rings is 1. The first-order valence-electron chi connectivity index (χ1n) is 8.08. The fraction of sp³-hybridized carbons (Fsp3) is 0.500. The van der Waals surface area contributed by atoms with Crippen LogP contribution in [0.25, 0.3) is 11.0 Å². The van der Waals surface area contributed by atoms with E-state index < -0.39 is 0 Å². The van der Waals surface area contributed by atoms with Gasteiger partial charge < -0.3 is 13.9 Å². The minimum Gasteiger partial charge on any atom is -0.496 e. The summed E-state index contributed by atoms with van der Waals surface area (Å²) in [6, 6.07) is 3.67. The molecule has 0 spiro atoms. The first-order valence-corrected chi connectivity index (χ1v) is 8.08. The number of hydrogen-bond acceptors (Lipinski definition) is 5. The molecule has 1 aromatic carbocycles. The lowest BCUT2D eigenvalue weighted by molar-refractivity contribution is 0.0339. The van der Waals surface area contributed by atoms with E-state index in [1.807, 2.05) is 19.9 Å². The Morgan fingerprint density at radius 3 is 2.54 bits per heavy atom. The molecule has 0 N–H and O–H groups in total. The van der Waals surface area contributed by atoms with Crippen LogP contribution in [-0.2, 0) is 17.7 Å². The highest BCUT2D eigenvalue weighted by molar-refractivity contribution is 5.85. The fourth-order valence-electron chi connectivity index (χ4n) is 3.18. The summed E-state index contributed by atoms with van der Waals surface area (Å²) in [7, 11) is 1.65. The highest BCUT2D eigenvalue weighted by Crippen LogP contribution is 2.29. The molecule has 0 bridgehead atoms. The van der Waals surface area contributed by atoms with Crippen molar-refractivity contribution in [2.24, 2.45) is 0 Å². The first kappa shape index (κ1) is 18.8. The second-order valence-corrected chi connectivity index (χ2v) is 5.83. The number of nitrogens with zero attached hydrogens (tertiary/aromatic N) is 1. The van der Waals surface area contributed by atoms with Crippen LogP contribution in [0.5, 0.6) is 5.75 Å². The van der Waals surface area contributed by atoms with Gasteiger partial charge in [-0.2, -0.15) is 0 Å². The van der Waals surface area contributed by atoms with E-state index in [4.69, 9.17) is 13.9 Å².